The first-order valence-electron chi connectivity index (χ1n) is 4.01. The van der Waals surface area contributed by atoms with Crippen molar-refractivity contribution in [3.8, 4) is 0 Å². The van der Waals surface area contributed by atoms with E-state index in [1.54, 1.807) is 20.8 Å². The average Bonchev–Trinajstić information content (AvgIpc) is 1.87. The molecular weight excluding hydrogens is 160 g/mol. The molecule has 0 aliphatic carbocycles. The Labute approximate surface area is 73.5 Å². The van der Waals surface area contributed by atoms with Crippen LogP contribution in [0.3, 0.4) is 0 Å². The van der Waals surface area contributed by atoms with Crippen LogP contribution in [-0.4, -0.2) is 38.4 Å². The highest BCUT2D eigenvalue weighted by Gasteiger charge is 2.08. The van der Waals surface area contributed by atoms with E-state index in [0.717, 1.165) is 0 Å². The van der Waals surface area contributed by atoms with Gasteiger partial charge >= 0.3 is 0 Å². The molecular formula is C8H20O4. The van der Waals surface area contributed by atoms with Crippen LogP contribution in [0.2, 0.25) is 0 Å². The lowest BCUT2D eigenvalue weighted by atomic mass is 10.3. The van der Waals surface area contributed by atoms with Gasteiger partial charge in [-0.15, -0.1) is 0 Å². The highest BCUT2D eigenvalue weighted by atomic mass is 16.5. The van der Waals surface area contributed by atoms with E-state index in [0.29, 0.717) is 6.42 Å². The van der Waals surface area contributed by atoms with Crippen molar-refractivity contribution < 1.29 is 20.4 Å². The van der Waals surface area contributed by atoms with Gasteiger partial charge < -0.3 is 20.4 Å². The van der Waals surface area contributed by atoms with Gasteiger partial charge in [-0.25, -0.2) is 0 Å². The molecule has 0 fully saturated rings. The van der Waals surface area contributed by atoms with E-state index in [1.165, 1.54) is 6.92 Å². The molecule has 2 atom stereocenters. The second-order valence-corrected chi connectivity index (χ2v) is 3.05. The summed E-state index contributed by atoms with van der Waals surface area (Å²) in [4.78, 5) is 0. The summed E-state index contributed by atoms with van der Waals surface area (Å²) in [7, 11) is 0. The Hall–Kier alpha value is -0.160. The predicted octanol–water partition coefficient (Wildman–Crippen LogP) is -0.155. The number of rotatable bonds is 2. The van der Waals surface area contributed by atoms with Gasteiger partial charge in [-0.05, 0) is 27.2 Å². The molecule has 0 bridgehead atoms. The Morgan fingerprint density at radius 2 is 1.25 bits per heavy atom. The van der Waals surface area contributed by atoms with Crippen LogP contribution in [0.15, 0.2) is 0 Å². The van der Waals surface area contributed by atoms with Crippen molar-refractivity contribution >= 4 is 0 Å². The molecule has 0 amide bonds. The van der Waals surface area contributed by atoms with Gasteiger partial charge in [0.05, 0.1) is 12.2 Å². The maximum Gasteiger partial charge on any atom is 0.159 e. The van der Waals surface area contributed by atoms with E-state index in [2.05, 4.69) is 0 Å². The zero-order valence-electron chi connectivity index (χ0n) is 8.15. The Bertz CT molecular complexity index is 87.7. The van der Waals surface area contributed by atoms with E-state index in [-0.39, 0.29) is 0 Å². The molecule has 0 saturated heterocycles. The highest BCUT2D eigenvalue weighted by Crippen LogP contribution is 1.99. The average molecular weight is 180 g/mol. The van der Waals surface area contributed by atoms with Crippen LogP contribution in [0.4, 0.5) is 0 Å². The van der Waals surface area contributed by atoms with E-state index in [1.807, 2.05) is 0 Å². The topological polar surface area (TPSA) is 80.9 Å². The minimum Gasteiger partial charge on any atom is -0.391 e. The molecule has 4 N–H and O–H groups in total. The van der Waals surface area contributed by atoms with Crippen molar-refractivity contribution in [3.63, 3.8) is 0 Å². The maximum absolute atomic E-state index is 8.38. The zero-order chi connectivity index (χ0) is 10.4. The van der Waals surface area contributed by atoms with Crippen LogP contribution in [0.25, 0.3) is 0 Å². The van der Waals surface area contributed by atoms with Gasteiger partial charge in [-0.2, -0.15) is 0 Å². The Morgan fingerprint density at radius 3 is 1.25 bits per heavy atom. The van der Waals surface area contributed by atoms with E-state index in [4.69, 9.17) is 20.4 Å². The molecule has 0 rings (SSSR count). The van der Waals surface area contributed by atoms with Crippen molar-refractivity contribution in [1.29, 1.82) is 0 Å². The molecule has 0 spiro atoms. The molecule has 0 aromatic rings. The number of aliphatic hydroxyl groups is 4. The quantitative estimate of drug-likeness (QED) is 0.445. The van der Waals surface area contributed by atoms with E-state index < -0.39 is 18.0 Å². The van der Waals surface area contributed by atoms with Crippen molar-refractivity contribution in [2.75, 3.05) is 0 Å². The lowest BCUT2D eigenvalue weighted by molar-refractivity contribution is -0.145. The molecule has 76 valence electrons. The maximum atomic E-state index is 8.38. The monoisotopic (exact) mass is 180 g/mol. The fraction of sp³-hybridized carbons (Fsp3) is 1.00. The van der Waals surface area contributed by atoms with Crippen LogP contribution < -0.4 is 0 Å². The summed E-state index contributed by atoms with van der Waals surface area (Å²) in [5, 5.41) is 33.5. The third-order valence-corrected chi connectivity index (χ3v) is 1.37. The molecule has 0 saturated carbocycles. The summed E-state index contributed by atoms with van der Waals surface area (Å²) < 4.78 is 0. The summed E-state index contributed by atoms with van der Waals surface area (Å²) >= 11 is 0. The number of aliphatic hydroxyl groups excluding tert-OH is 2. The third-order valence-electron chi connectivity index (χ3n) is 1.37. The Balaban J connectivity index is 0. The third kappa shape index (κ3) is 16.4. The van der Waals surface area contributed by atoms with Crippen LogP contribution in [0, 0.1) is 0 Å². The molecule has 0 radical (unpaired) electrons. The molecule has 0 aromatic carbocycles. The van der Waals surface area contributed by atoms with Gasteiger partial charge in [-0.3, -0.25) is 0 Å². The second kappa shape index (κ2) is 6.37. The van der Waals surface area contributed by atoms with E-state index in [9.17, 15) is 0 Å². The van der Waals surface area contributed by atoms with Gasteiger partial charge in [0, 0.05) is 0 Å². The lowest BCUT2D eigenvalue weighted by Gasteiger charge is -2.10. The first-order valence-corrected chi connectivity index (χ1v) is 4.01. The standard InChI is InChI=1S/2C4H10O2/c1-3-4(2,5)6;1-3(5)4(2)6/h5-6H,3H2,1-2H3;3-6H,1-2H3. The Morgan fingerprint density at radius 1 is 1.08 bits per heavy atom. The fourth-order valence-electron chi connectivity index (χ4n) is 0. The molecule has 0 aromatic heterocycles. The van der Waals surface area contributed by atoms with Crippen molar-refractivity contribution in [2.45, 2.75) is 52.1 Å². The van der Waals surface area contributed by atoms with Crippen molar-refractivity contribution in [2.24, 2.45) is 0 Å². The lowest BCUT2D eigenvalue weighted by Crippen LogP contribution is -2.20. The smallest absolute Gasteiger partial charge is 0.159 e. The Kier molecular flexibility index (Phi) is 7.62. The van der Waals surface area contributed by atoms with Crippen LogP contribution >= 0.6 is 0 Å². The van der Waals surface area contributed by atoms with Crippen molar-refractivity contribution in [1.82, 2.24) is 0 Å². The van der Waals surface area contributed by atoms with Gasteiger partial charge in [0.1, 0.15) is 0 Å². The van der Waals surface area contributed by atoms with Crippen LogP contribution in [0.5, 0.6) is 0 Å². The summed E-state index contributed by atoms with van der Waals surface area (Å²) in [6.45, 7) is 6.16. The van der Waals surface area contributed by atoms with E-state index >= 15 is 0 Å². The summed E-state index contributed by atoms with van der Waals surface area (Å²) in [5.74, 6) is -1.46. The summed E-state index contributed by atoms with van der Waals surface area (Å²) in [6, 6.07) is 0. The first kappa shape index (κ1) is 14.4. The highest BCUT2D eigenvalue weighted by molar-refractivity contribution is 4.51. The minimum atomic E-state index is -1.46. The molecule has 0 aliphatic rings. The zero-order valence-corrected chi connectivity index (χ0v) is 8.15. The number of hydrogen-bond donors (Lipinski definition) is 4. The fourth-order valence-corrected chi connectivity index (χ4v) is 0. The normalized spacial score (nSPS) is 16.0. The van der Waals surface area contributed by atoms with Crippen LogP contribution in [0.1, 0.15) is 34.1 Å². The largest absolute Gasteiger partial charge is 0.391 e. The van der Waals surface area contributed by atoms with Crippen molar-refractivity contribution in [3.05, 3.63) is 0 Å². The molecule has 0 heterocycles. The summed E-state index contributed by atoms with van der Waals surface area (Å²) in [5.41, 5.74) is 0. The van der Waals surface area contributed by atoms with Gasteiger partial charge in [0.15, 0.2) is 5.79 Å². The van der Waals surface area contributed by atoms with Gasteiger partial charge in [-0.1, -0.05) is 6.92 Å². The van der Waals surface area contributed by atoms with Gasteiger partial charge in [0.25, 0.3) is 0 Å². The predicted molar refractivity (Wildman–Crippen MR) is 46.5 cm³/mol. The first-order chi connectivity index (χ1) is 5.20. The minimum absolute atomic E-state index is 0.382. The van der Waals surface area contributed by atoms with Gasteiger partial charge in [0.2, 0.25) is 0 Å². The summed E-state index contributed by atoms with van der Waals surface area (Å²) in [6.07, 6.45) is -0.803. The van der Waals surface area contributed by atoms with Crippen LogP contribution in [-0.2, 0) is 0 Å². The molecule has 4 heteroatoms. The second-order valence-electron chi connectivity index (χ2n) is 3.05. The molecule has 0 aliphatic heterocycles. The molecule has 12 heavy (non-hydrogen) atoms. The molecule has 4 nitrogen and oxygen atoms in total. The number of hydrogen-bond acceptors (Lipinski definition) is 4. The molecule has 2 unspecified atom stereocenters. The SMILES string of the molecule is CC(O)C(C)O.CCC(C)(O)O.